The first-order valence-corrected chi connectivity index (χ1v) is 5.63. The van der Waals surface area contributed by atoms with E-state index in [9.17, 15) is 13.6 Å². The quantitative estimate of drug-likeness (QED) is 0.845. The lowest BCUT2D eigenvalue weighted by Crippen LogP contribution is -2.37. The predicted molar refractivity (Wildman–Crippen MR) is 59.4 cm³/mol. The van der Waals surface area contributed by atoms with Crippen LogP contribution in [0.3, 0.4) is 0 Å². The Hall–Kier alpha value is -1.65. The van der Waals surface area contributed by atoms with Crippen LogP contribution in [0.1, 0.15) is 18.4 Å². The predicted octanol–water partition coefficient (Wildman–Crippen LogP) is 2.27. The molecule has 0 saturated carbocycles. The maximum atomic E-state index is 13.3. The highest BCUT2D eigenvalue weighted by atomic mass is 19.1. The topological polar surface area (TPSA) is 32.3 Å². The summed E-state index contributed by atoms with van der Waals surface area (Å²) in [6, 6.07) is 3.00. The van der Waals surface area contributed by atoms with Crippen LogP contribution in [0.2, 0.25) is 0 Å². The Morgan fingerprint density at radius 2 is 2.00 bits per heavy atom. The number of amides is 2. The molecule has 17 heavy (non-hydrogen) atoms. The van der Waals surface area contributed by atoms with Gasteiger partial charge in [-0.05, 0) is 31.0 Å². The SMILES string of the molecule is O=C(NCc1cc(F)ccc1F)N1CCCC1. The van der Waals surface area contributed by atoms with Crippen LogP contribution in [0, 0.1) is 11.6 Å². The van der Waals surface area contributed by atoms with Gasteiger partial charge >= 0.3 is 6.03 Å². The first-order valence-electron chi connectivity index (χ1n) is 5.63. The number of hydrogen-bond donors (Lipinski definition) is 1. The summed E-state index contributed by atoms with van der Waals surface area (Å²) in [6.45, 7) is 1.48. The van der Waals surface area contributed by atoms with E-state index in [2.05, 4.69) is 5.32 Å². The minimum atomic E-state index is -0.506. The number of carbonyl (C=O) groups excluding carboxylic acids is 1. The molecule has 0 aliphatic carbocycles. The summed E-state index contributed by atoms with van der Waals surface area (Å²) in [5.74, 6) is -1.01. The molecule has 92 valence electrons. The molecule has 1 fully saturated rings. The Morgan fingerprint density at radius 3 is 2.71 bits per heavy atom. The number of carbonyl (C=O) groups is 1. The minimum Gasteiger partial charge on any atom is -0.334 e. The van der Waals surface area contributed by atoms with Gasteiger partial charge in [0.05, 0.1) is 0 Å². The van der Waals surface area contributed by atoms with Crippen LogP contribution in [0.4, 0.5) is 13.6 Å². The van der Waals surface area contributed by atoms with Crippen molar-refractivity contribution < 1.29 is 13.6 Å². The van der Waals surface area contributed by atoms with E-state index < -0.39 is 11.6 Å². The number of benzene rings is 1. The van der Waals surface area contributed by atoms with Crippen LogP contribution in [-0.4, -0.2) is 24.0 Å². The lowest BCUT2D eigenvalue weighted by Gasteiger charge is -2.16. The molecule has 1 heterocycles. The summed E-state index contributed by atoms with van der Waals surface area (Å²) in [7, 11) is 0. The number of halogens is 2. The summed E-state index contributed by atoms with van der Waals surface area (Å²) < 4.78 is 26.1. The van der Waals surface area contributed by atoms with Gasteiger partial charge < -0.3 is 10.2 Å². The fourth-order valence-electron chi connectivity index (χ4n) is 1.88. The van der Waals surface area contributed by atoms with Crippen molar-refractivity contribution >= 4 is 6.03 Å². The highest BCUT2D eigenvalue weighted by Crippen LogP contribution is 2.10. The average Bonchev–Trinajstić information content (AvgIpc) is 2.83. The van der Waals surface area contributed by atoms with E-state index >= 15 is 0 Å². The number of urea groups is 1. The molecule has 1 aromatic carbocycles. The molecule has 1 aromatic rings. The lowest BCUT2D eigenvalue weighted by molar-refractivity contribution is 0.208. The first-order chi connectivity index (χ1) is 8.16. The molecule has 0 aromatic heterocycles. The largest absolute Gasteiger partial charge is 0.334 e. The highest BCUT2D eigenvalue weighted by Gasteiger charge is 2.17. The lowest BCUT2D eigenvalue weighted by atomic mass is 10.2. The van der Waals surface area contributed by atoms with Gasteiger partial charge in [0.2, 0.25) is 0 Å². The number of nitrogens with one attached hydrogen (secondary N) is 1. The Balaban J connectivity index is 1.92. The van der Waals surface area contributed by atoms with E-state index in [0.717, 1.165) is 44.1 Å². The molecule has 0 spiro atoms. The van der Waals surface area contributed by atoms with Crippen molar-refractivity contribution in [3.05, 3.63) is 35.4 Å². The molecular weight excluding hydrogens is 226 g/mol. The first kappa shape index (κ1) is 11.8. The molecule has 0 bridgehead atoms. The van der Waals surface area contributed by atoms with Crippen molar-refractivity contribution in [1.29, 1.82) is 0 Å². The van der Waals surface area contributed by atoms with Crippen LogP contribution in [0.15, 0.2) is 18.2 Å². The maximum Gasteiger partial charge on any atom is 0.317 e. The second-order valence-corrected chi connectivity index (χ2v) is 4.09. The van der Waals surface area contributed by atoms with Crippen molar-refractivity contribution in [3.8, 4) is 0 Å². The summed E-state index contributed by atoms with van der Waals surface area (Å²) in [5, 5.41) is 2.59. The van der Waals surface area contributed by atoms with Crippen LogP contribution >= 0.6 is 0 Å². The molecule has 2 amide bonds. The van der Waals surface area contributed by atoms with Gasteiger partial charge in [-0.1, -0.05) is 0 Å². The zero-order valence-electron chi connectivity index (χ0n) is 9.38. The number of hydrogen-bond acceptors (Lipinski definition) is 1. The second-order valence-electron chi connectivity index (χ2n) is 4.09. The fourth-order valence-corrected chi connectivity index (χ4v) is 1.88. The Kier molecular flexibility index (Phi) is 3.56. The van der Waals surface area contributed by atoms with Crippen LogP contribution in [0.5, 0.6) is 0 Å². The molecule has 3 nitrogen and oxygen atoms in total. The Morgan fingerprint density at radius 1 is 1.29 bits per heavy atom. The molecule has 1 saturated heterocycles. The van der Waals surface area contributed by atoms with E-state index in [-0.39, 0.29) is 18.1 Å². The molecule has 2 rings (SSSR count). The van der Waals surface area contributed by atoms with Crippen LogP contribution in [0.25, 0.3) is 0 Å². The van der Waals surface area contributed by atoms with Gasteiger partial charge in [0, 0.05) is 25.2 Å². The van der Waals surface area contributed by atoms with Gasteiger partial charge in [0.25, 0.3) is 0 Å². The minimum absolute atomic E-state index is 0.0128. The zero-order chi connectivity index (χ0) is 12.3. The van der Waals surface area contributed by atoms with Gasteiger partial charge in [-0.3, -0.25) is 0 Å². The zero-order valence-corrected chi connectivity index (χ0v) is 9.38. The van der Waals surface area contributed by atoms with E-state index in [0.29, 0.717) is 0 Å². The summed E-state index contributed by atoms with van der Waals surface area (Å²) >= 11 is 0. The molecule has 1 aliphatic rings. The molecule has 0 atom stereocenters. The molecule has 0 radical (unpaired) electrons. The van der Waals surface area contributed by atoms with Gasteiger partial charge in [-0.25, -0.2) is 13.6 Å². The van der Waals surface area contributed by atoms with Crippen molar-refractivity contribution in [2.24, 2.45) is 0 Å². The standard InChI is InChI=1S/C12H14F2N2O/c13-10-3-4-11(14)9(7-10)8-15-12(17)16-5-1-2-6-16/h3-4,7H,1-2,5-6,8H2,(H,15,17). The van der Waals surface area contributed by atoms with Crippen molar-refractivity contribution in [1.82, 2.24) is 10.2 Å². The van der Waals surface area contributed by atoms with Gasteiger partial charge in [0.1, 0.15) is 11.6 Å². The third-order valence-electron chi connectivity index (χ3n) is 2.83. The van der Waals surface area contributed by atoms with Gasteiger partial charge in [-0.15, -0.1) is 0 Å². The van der Waals surface area contributed by atoms with E-state index in [4.69, 9.17) is 0 Å². The van der Waals surface area contributed by atoms with E-state index in [1.165, 1.54) is 0 Å². The molecule has 1 N–H and O–H groups in total. The number of nitrogens with zero attached hydrogens (tertiary/aromatic N) is 1. The fraction of sp³-hybridized carbons (Fsp3) is 0.417. The highest BCUT2D eigenvalue weighted by molar-refractivity contribution is 5.74. The van der Waals surface area contributed by atoms with Crippen molar-refractivity contribution in [2.75, 3.05) is 13.1 Å². The second kappa shape index (κ2) is 5.12. The summed E-state index contributed by atoms with van der Waals surface area (Å²) in [4.78, 5) is 13.3. The monoisotopic (exact) mass is 240 g/mol. The van der Waals surface area contributed by atoms with E-state index in [1.54, 1.807) is 4.90 Å². The number of likely N-dealkylation sites (tertiary alicyclic amines) is 1. The smallest absolute Gasteiger partial charge is 0.317 e. The van der Waals surface area contributed by atoms with Gasteiger partial charge in [0.15, 0.2) is 0 Å². The Labute approximate surface area is 98.4 Å². The van der Waals surface area contributed by atoms with E-state index in [1.807, 2.05) is 0 Å². The summed E-state index contributed by atoms with van der Waals surface area (Å²) in [6.07, 6.45) is 2.00. The third-order valence-corrected chi connectivity index (χ3v) is 2.83. The molecule has 5 heteroatoms. The third kappa shape index (κ3) is 2.93. The van der Waals surface area contributed by atoms with Crippen LogP contribution < -0.4 is 5.32 Å². The van der Waals surface area contributed by atoms with Crippen LogP contribution in [-0.2, 0) is 6.54 Å². The maximum absolute atomic E-state index is 13.3. The molecule has 0 unspecified atom stereocenters. The molecule has 1 aliphatic heterocycles. The Bertz CT molecular complexity index is 417. The molecular formula is C12H14F2N2O. The van der Waals surface area contributed by atoms with Crippen molar-refractivity contribution in [2.45, 2.75) is 19.4 Å². The average molecular weight is 240 g/mol. The summed E-state index contributed by atoms with van der Waals surface area (Å²) in [5.41, 5.74) is 0.164. The number of rotatable bonds is 2. The van der Waals surface area contributed by atoms with Crippen molar-refractivity contribution in [3.63, 3.8) is 0 Å². The van der Waals surface area contributed by atoms with Gasteiger partial charge in [-0.2, -0.15) is 0 Å². The normalized spacial score (nSPS) is 15.1.